The van der Waals surface area contributed by atoms with Gasteiger partial charge >= 0.3 is 0 Å². The number of carbonyl (C=O) groups excluding carboxylic acids is 1. The third-order valence-corrected chi connectivity index (χ3v) is 3.31. The van der Waals surface area contributed by atoms with Crippen LogP contribution in [0.2, 0.25) is 0 Å². The molecular formula is C16H26N2O2. The van der Waals surface area contributed by atoms with E-state index in [0.717, 1.165) is 37.0 Å². The Kier molecular flexibility index (Phi) is 7.73. The maximum atomic E-state index is 11.9. The average molecular weight is 278 g/mol. The quantitative estimate of drug-likeness (QED) is 0.730. The molecule has 0 spiro atoms. The van der Waals surface area contributed by atoms with Crippen molar-refractivity contribution in [1.29, 1.82) is 0 Å². The van der Waals surface area contributed by atoms with Crippen LogP contribution in [0, 0.1) is 0 Å². The van der Waals surface area contributed by atoms with Crippen LogP contribution in [0.3, 0.4) is 0 Å². The molecular weight excluding hydrogens is 252 g/mol. The van der Waals surface area contributed by atoms with Crippen molar-refractivity contribution in [3.63, 3.8) is 0 Å². The zero-order valence-electron chi connectivity index (χ0n) is 12.5. The molecule has 1 amide bonds. The predicted molar refractivity (Wildman–Crippen MR) is 81.7 cm³/mol. The number of nitrogens with one attached hydrogen (secondary N) is 1. The summed E-state index contributed by atoms with van der Waals surface area (Å²) in [5, 5.41) is 3.11. The number of amides is 1. The molecule has 1 unspecified atom stereocenters. The second-order valence-electron chi connectivity index (χ2n) is 4.93. The fraction of sp³-hybridized carbons (Fsp3) is 0.562. The highest BCUT2D eigenvalue weighted by Crippen LogP contribution is 2.22. The lowest BCUT2D eigenvalue weighted by Crippen LogP contribution is -2.28. The van der Waals surface area contributed by atoms with Crippen LogP contribution in [-0.4, -0.2) is 19.6 Å². The predicted octanol–water partition coefficient (Wildman–Crippen LogP) is 2.78. The Hall–Kier alpha value is -1.55. The molecule has 0 aliphatic rings. The van der Waals surface area contributed by atoms with Crippen LogP contribution in [0.5, 0.6) is 5.75 Å². The molecule has 0 aliphatic carbocycles. The number of unbranched alkanes of at least 4 members (excludes halogenated alkanes) is 1. The van der Waals surface area contributed by atoms with E-state index in [4.69, 9.17) is 10.5 Å². The Bertz CT molecular complexity index is 390. The number of hydrogen-bond donors (Lipinski definition) is 2. The summed E-state index contributed by atoms with van der Waals surface area (Å²) in [7, 11) is 1.65. The Labute approximate surface area is 121 Å². The molecule has 1 atom stereocenters. The SMILES string of the molecule is CCCCC(NC(=O)CCCN)c1ccc(OC)cc1. The van der Waals surface area contributed by atoms with Crippen LogP contribution in [0.25, 0.3) is 0 Å². The van der Waals surface area contributed by atoms with Crippen molar-refractivity contribution in [3.8, 4) is 5.75 Å². The first-order chi connectivity index (χ1) is 9.71. The third kappa shape index (κ3) is 5.61. The van der Waals surface area contributed by atoms with Crippen molar-refractivity contribution in [3.05, 3.63) is 29.8 Å². The van der Waals surface area contributed by atoms with Gasteiger partial charge in [-0.3, -0.25) is 4.79 Å². The molecule has 0 saturated carbocycles. The fourth-order valence-electron chi connectivity index (χ4n) is 2.10. The van der Waals surface area contributed by atoms with Crippen molar-refractivity contribution >= 4 is 5.91 Å². The number of ether oxygens (including phenoxy) is 1. The molecule has 112 valence electrons. The molecule has 1 rings (SSSR count). The van der Waals surface area contributed by atoms with Crippen LogP contribution >= 0.6 is 0 Å². The monoisotopic (exact) mass is 278 g/mol. The minimum Gasteiger partial charge on any atom is -0.497 e. The molecule has 0 heterocycles. The summed E-state index contributed by atoms with van der Waals surface area (Å²) in [6.45, 7) is 2.71. The number of methoxy groups -OCH3 is 1. The summed E-state index contributed by atoms with van der Waals surface area (Å²) in [4.78, 5) is 11.9. The molecule has 1 aromatic rings. The number of carbonyl (C=O) groups is 1. The van der Waals surface area contributed by atoms with Gasteiger partial charge in [-0.2, -0.15) is 0 Å². The highest BCUT2D eigenvalue weighted by atomic mass is 16.5. The second-order valence-corrected chi connectivity index (χ2v) is 4.93. The van der Waals surface area contributed by atoms with Crippen molar-refractivity contribution in [2.45, 2.75) is 45.1 Å². The maximum Gasteiger partial charge on any atom is 0.220 e. The highest BCUT2D eigenvalue weighted by molar-refractivity contribution is 5.76. The van der Waals surface area contributed by atoms with Crippen LogP contribution in [0.15, 0.2) is 24.3 Å². The van der Waals surface area contributed by atoms with Crippen LogP contribution in [0.4, 0.5) is 0 Å². The van der Waals surface area contributed by atoms with Gasteiger partial charge in [0.1, 0.15) is 5.75 Å². The fourth-order valence-corrected chi connectivity index (χ4v) is 2.10. The van der Waals surface area contributed by atoms with Gasteiger partial charge in [-0.25, -0.2) is 0 Å². The van der Waals surface area contributed by atoms with E-state index in [0.29, 0.717) is 13.0 Å². The summed E-state index contributed by atoms with van der Waals surface area (Å²) >= 11 is 0. The number of nitrogens with two attached hydrogens (primary N) is 1. The largest absolute Gasteiger partial charge is 0.497 e. The minimum atomic E-state index is 0.0751. The van der Waals surface area contributed by atoms with Crippen LogP contribution in [0.1, 0.15) is 50.6 Å². The second kappa shape index (κ2) is 9.37. The number of benzene rings is 1. The van der Waals surface area contributed by atoms with Gasteiger partial charge in [-0.15, -0.1) is 0 Å². The number of rotatable bonds is 9. The maximum absolute atomic E-state index is 11.9. The molecule has 0 radical (unpaired) electrons. The van der Waals surface area contributed by atoms with E-state index in [2.05, 4.69) is 12.2 Å². The van der Waals surface area contributed by atoms with Gasteiger partial charge in [0.25, 0.3) is 0 Å². The lowest BCUT2D eigenvalue weighted by molar-refractivity contribution is -0.122. The van der Waals surface area contributed by atoms with E-state index in [1.807, 2.05) is 24.3 Å². The van der Waals surface area contributed by atoms with Crippen molar-refractivity contribution in [2.75, 3.05) is 13.7 Å². The van der Waals surface area contributed by atoms with Crippen molar-refractivity contribution in [1.82, 2.24) is 5.32 Å². The minimum absolute atomic E-state index is 0.0751. The standard InChI is InChI=1S/C16H26N2O2/c1-3-4-6-15(18-16(19)7-5-12-17)13-8-10-14(20-2)11-9-13/h8-11,15H,3-7,12,17H2,1-2H3,(H,18,19). The normalized spacial score (nSPS) is 11.9. The van der Waals surface area contributed by atoms with E-state index in [1.165, 1.54) is 0 Å². The molecule has 4 nitrogen and oxygen atoms in total. The number of hydrogen-bond acceptors (Lipinski definition) is 3. The van der Waals surface area contributed by atoms with E-state index in [9.17, 15) is 4.79 Å². The zero-order valence-corrected chi connectivity index (χ0v) is 12.5. The molecule has 20 heavy (non-hydrogen) atoms. The zero-order chi connectivity index (χ0) is 14.8. The van der Waals surface area contributed by atoms with E-state index in [1.54, 1.807) is 7.11 Å². The lowest BCUT2D eigenvalue weighted by atomic mass is 10.0. The molecule has 0 fully saturated rings. The van der Waals surface area contributed by atoms with E-state index >= 15 is 0 Å². The molecule has 4 heteroatoms. The van der Waals surface area contributed by atoms with Gasteiger partial charge in [0.2, 0.25) is 5.91 Å². The van der Waals surface area contributed by atoms with Crippen molar-refractivity contribution < 1.29 is 9.53 Å². The van der Waals surface area contributed by atoms with Gasteiger partial charge in [0.05, 0.1) is 13.2 Å². The van der Waals surface area contributed by atoms with E-state index < -0.39 is 0 Å². The van der Waals surface area contributed by atoms with Crippen LogP contribution in [-0.2, 0) is 4.79 Å². The Morgan fingerprint density at radius 2 is 2.00 bits per heavy atom. The average Bonchev–Trinajstić information content (AvgIpc) is 2.49. The topological polar surface area (TPSA) is 64.4 Å². The smallest absolute Gasteiger partial charge is 0.220 e. The van der Waals surface area contributed by atoms with Gasteiger partial charge in [0.15, 0.2) is 0 Å². The van der Waals surface area contributed by atoms with Crippen molar-refractivity contribution in [2.24, 2.45) is 5.73 Å². The first-order valence-corrected chi connectivity index (χ1v) is 7.34. The Morgan fingerprint density at radius 3 is 2.55 bits per heavy atom. The van der Waals surface area contributed by atoms with Gasteiger partial charge in [0, 0.05) is 6.42 Å². The highest BCUT2D eigenvalue weighted by Gasteiger charge is 2.14. The van der Waals surface area contributed by atoms with Gasteiger partial charge < -0.3 is 15.8 Å². The lowest BCUT2D eigenvalue weighted by Gasteiger charge is -2.19. The molecule has 1 aromatic carbocycles. The summed E-state index contributed by atoms with van der Waals surface area (Å²) in [5.74, 6) is 0.907. The third-order valence-electron chi connectivity index (χ3n) is 3.31. The molecule has 0 bridgehead atoms. The summed E-state index contributed by atoms with van der Waals surface area (Å²) in [6, 6.07) is 7.97. The van der Waals surface area contributed by atoms with Crippen LogP contribution < -0.4 is 15.8 Å². The summed E-state index contributed by atoms with van der Waals surface area (Å²) in [5.41, 5.74) is 6.56. The van der Waals surface area contributed by atoms with Gasteiger partial charge in [-0.05, 0) is 37.1 Å². The molecule has 0 aliphatic heterocycles. The molecule has 0 saturated heterocycles. The molecule has 3 N–H and O–H groups in total. The summed E-state index contributed by atoms with van der Waals surface area (Å²) in [6.07, 6.45) is 4.39. The van der Waals surface area contributed by atoms with E-state index in [-0.39, 0.29) is 11.9 Å². The Morgan fingerprint density at radius 1 is 1.30 bits per heavy atom. The summed E-state index contributed by atoms with van der Waals surface area (Å²) < 4.78 is 5.16. The molecule has 0 aromatic heterocycles. The van der Waals surface area contributed by atoms with Gasteiger partial charge in [-0.1, -0.05) is 31.9 Å². The Balaban J connectivity index is 2.68. The first kappa shape index (κ1) is 16.5. The first-order valence-electron chi connectivity index (χ1n) is 7.34.